The Morgan fingerprint density at radius 3 is 2.53 bits per heavy atom. The van der Waals surface area contributed by atoms with Gasteiger partial charge in [-0.1, -0.05) is 55.8 Å². The lowest BCUT2D eigenvalue weighted by Gasteiger charge is -2.15. The fraction of sp³-hybridized carbons (Fsp3) is 0.320. The van der Waals surface area contributed by atoms with E-state index in [4.69, 9.17) is 4.74 Å². The maximum absolute atomic E-state index is 9.36. The Morgan fingerprint density at radius 1 is 1.07 bits per heavy atom. The van der Waals surface area contributed by atoms with E-state index in [0.717, 1.165) is 47.2 Å². The molecule has 0 atom stereocenters. The molecule has 1 aromatic heterocycles. The van der Waals surface area contributed by atoms with Crippen LogP contribution in [0.25, 0.3) is 11.1 Å². The number of rotatable bonds is 9. The van der Waals surface area contributed by atoms with Crippen molar-refractivity contribution in [2.45, 2.75) is 39.5 Å². The zero-order valence-electron chi connectivity index (χ0n) is 17.6. The highest BCUT2D eigenvalue weighted by atomic mass is 16.5. The number of nitriles is 1. The van der Waals surface area contributed by atoms with Gasteiger partial charge < -0.3 is 9.84 Å². The Kier molecular flexibility index (Phi) is 7.53. The van der Waals surface area contributed by atoms with Crippen LogP contribution >= 0.6 is 0 Å². The van der Waals surface area contributed by atoms with Crippen LogP contribution in [0.15, 0.2) is 48.5 Å². The van der Waals surface area contributed by atoms with Crippen LogP contribution in [0.4, 0.5) is 0 Å². The van der Waals surface area contributed by atoms with Crippen LogP contribution in [-0.2, 0) is 12.8 Å². The monoisotopic (exact) mass is 401 g/mol. The zero-order valence-corrected chi connectivity index (χ0v) is 17.6. The summed E-state index contributed by atoms with van der Waals surface area (Å²) in [6, 6.07) is 18.1. The fourth-order valence-corrected chi connectivity index (χ4v) is 3.45. The van der Waals surface area contributed by atoms with Gasteiger partial charge in [0, 0.05) is 12.0 Å². The van der Waals surface area contributed by atoms with Crippen molar-refractivity contribution < 1.29 is 9.84 Å². The van der Waals surface area contributed by atoms with Crippen molar-refractivity contribution in [3.05, 3.63) is 76.7 Å². The van der Waals surface area contributed by atoms with Crippen LogP contribution < -0.4 is 4.74 Å². The Balaban J connectivity index is 1.92. The number of nitrogens with zero attached hydrogens (tertiary/aromatic N) is 3. The number of aromatic nitrogens is 2. The minimum atomic E-state index is -0.0558. The summed E-state index contributed by atoms with van der Waals surface area (Å²) in [4.78, 5) is 9.16. The molecule has 0 aliphatic heterocycles. The smallest absolute Gasteiger partial charge is 0.220 e. The van der Waals surface area contributed by atoms with Gasteiger partial charge in [0.15, 0.2) is 0 Å². The molecule has 0 spiro atoms. The molecule has 3 rings (SSSR count). The lowest BCUT2D eigenvalue weighted by atomic mass is 9.96. The number of aliphatic hydroxyl groups excluding tert-OH is 1. The van der Waals surface area contributed by atoms with Gasteiger partial charge in [0.05, 0.1) is 23.9 Å². The molecule has 5 heteroatoms. The van der Waals surface area contributed by atoms with E-state index in [1.54, 1.807) is 0 Å². The lowest BCUT2D eigenvalue weighted by molar-refractivity contribution is 0.195. The third kappa shape index (κ3) is 5.22. The first-order chi connectivity index (χ1) is 14.7. The van der Waals surface area contributed by atoms with E-state index < -0.39 is 0 Å². The Labute approximate surface area is 178 Å². The minimum absolute atomic E-state index is 0.0558. The second-order valence-electron chi connectivity index (χ2n) is 7.21. The molecule has 1 N–H and O–H groups in total. The van der Waals surface area contributed by atoms with Crippen LogP contribution in [0.2, 0.25) is 0 Å². The summed E-state index contributed by atoms with van der Waals surface area (Å²) in [6.07, 6.45) is 3.66. The van der Waals surface area contributed by atoms with E-state index in [1.807, 2.05) is 43.3 Å². The summed E-state index contributed by atoms with van der Waals surface area (Å²) in [5, 5.41) is 18.5. The zero-order chi connectivity index (χ0) is 21.3. The molecule has 5 nitrogen and oxygen atoms in total. The van der Waals surface area contributed by atoms with Crippen molar-refractivity contribution in [2.75, 3.05) is 13.2 Å². The molecule has 2 aromatic carbocycles. The second-order valence-corrected chi connectivity index (χ2v) is 7.21. The normalized spacial score (nSPS) is 10.6. The van der Waals surface area contributed by atoms with E-state index in [1.165, 1.54) is 0 Å². The molecule has 0 bridgehead atoms. The van der Waals surface area contributed by atoms with Gasteiger partial charge in [-0.2, -0.15) is 10.2 Å². The standard InChI is InChI=1S/C25H27N3O2/c1-3-4-9-24-23(25(30-15-14-29)28-18(2)27-24)16-19-10-12-20(13-11-19)22-8-6-5-7-21(22)17-26/h5-8,10-13,29H,3-4,9,14-16H2,1-2H3. The molecule has 0 saturated carbocycles. The highest BCUT2D eigenvalue weighted by Crippen LogP contribution is 2.27. The van der Waals surface area contributed by atoms with Gasteiger partial charge in [-0.3, -0.25) is 0 Å². The summed E-state index contributed by atoms with van der Waals surface area (Å²) in [5.41, 5.74) is 5.72. The SMILES string of the molecule is CCCCc1nc(C)nc(OCCO)c1Cc1ccc(-c2ccccc2C#N)cc1. The van der Waals surface area contributed by atoms with Crippen molar-refractivity contribution in [3.8, 4) is 23.1 Å². The first-order valence-electron chi connectivity index (χ1n) is 10.3. The number of benzene rings is 2. The first kappa shape index (κ1) is 21.5. The summed E-state index contributed by atoms with van der Waals surface area (Å²) in [7, 11) is 0. The summed E-state index contributed by atoms with van der Waals surface area (Å²) in [6.45, 7) is 4.18. The maximum Gasteiger partial charge on any atom is 0.220 e. The lowest BCUT2D eigenvalue weighted by Crippen LogP contribution is -2.11. The summed E-state index contributed by atoms with van der Waals surface area (Å²) < 4.78 is 5.75. The van der Waals surface area contributed by atoms with E-state index >= 15 is 0 Å². The Hall–Kier alpha value is -3.23. The van der Waals surface area contributed by atoms with E-state index in [9.17, 15) is 10.4 Å². The molecular formula is C25H27N3O2. The topological polar surface area (TPSA) is 79.0 Å². The average molecular weight is 402 g/mol. The van der Waals surface area contributed by atoms with Crippen molar-refractivity contribution in [2.24, 2.45) is 0 Å². The largest absolute Gasteiger partial charge is 0.475 e. The molecule has 0 radical (unpaired) electrons. The Bertz CT molecular complexity index is 994. The predicted octanol–water partition coefficient (Wildman–Crippen LogP) is 4.63. The minimum Gasteiger partial charge on any atom is -0.475 e. The molecule has 0 amide bonds. The quantitative estimate of drug-likeness (QED) is 0.566. The average Bonchev–Trinajstić information content (AvgIpc) is 2.78. The van der Waals surface area contributed by atoms with Gasteiger partial charge in [0.1, 0.15) is 12.4 Å². The van der Waals surface area contributed by atoms with E-state index in [2.05, 4.69) is 35.1 Å². The number of aryl methyl sites for hydroxylation is 2. The van der Waals surface area contributed by atoms with Gasteiger partial charge in [0.2, 0.25) is 5.88 Å². The highest BCUT2D eigenvalue weighted by molar-refractivity contribution is 5.70. The van der Waals surface area contributed by atoms with E-state index in [-0.39, 0.29) is 13.2 Å². The first-order valence-corrected chi connectivity index (χ1v) is 10.3. The van der Waals surface area contributed by atoms with Crippen LogP contribution in [-0.4, -0.2) is 28.3 Å². The molecule has 0 saturated heterocycles. The second kappa shape index (κ2) is 10.5. The number of unbranched alkanes of at least 4 members (excludes halogenated alkanes) is 1. The van der Waals surface area contributed by atoms with Gasteiger partial charge in [-0.05, 0) is 42.5 Å². The van der Waals surface area contributed by atoms with Crippen molar-refractivity contribution in [1.82, 2.24) is 9.97 Å². The Morgan fingerprint density at radius 2 is 1.83 bits per heavy atom. The van der Waals surface area contributed by atoms with Crippen LogP contribution in [0.1, 0.15) is 48.0 Å². The molecule has 3 aromatic rings. The van der Waals surface area contributed by atoms with Gasteiger partial charge in [0.25, 0.3) is 0 Å². The number of hydrogen-bond acceptors (Lipinski definition) is 5. The fourth-order valence-electron chi connectivity index (χ4n) is 3.45. The van der Waals surface area contributed by atoms with Crippen LogP contribution in [0, 0.1) is 18.3 Å². The highest BCUT2D eigenvalue weighted by Gasteiger charge is 2.15. The van der Waals surface area contributed by atoms with Crippen molar-refractivity contribution in [1.29, 1.82) is 5.26 Å². The molecule has 0 aliphatic carbocycles. The van der Waals surface area contributed by atoms with Crippen molar-refractivity contribution in [3.63, 3.8) is 0 Å². The summed E-state index contributed by atoms with van der Waals surface area (Å²) in [5.74, 6) is 1.24. The van der Waals surface area contributed by atoms with Gasteiger partial charge in [-0.15, -0.1) is 0 Å². The molecule has 154 valence electrons. The molecule has 30 heavy (non-hydrogen) atoms. The van der Waals surface area contributed by atoms with E-state index in [0.29, 0.717) is 23.7 Å². The third-order valence-corrected chi connectivity index (χ3v) is 4.96. The third-order valence-electron chi connectivity index (χ3n) is 4.96. The predicted molar refractivity (Wildman–Crippen MR) is 117 cm³/mol. The van der Waals surface area contributed by atoms with Crippen molar-refractivity contribution >= 4 is 0 Å². The maximum atomic E-state index is 9.36. The van der Waals surface area contributed by atoms with Crippen LogP contribution in [0.5, 0.6) is 5.88 Å². The number of aliphatic hydroxyl groups is 1. The van der Waals surface area contributed by atoms with Gasteiger partial charge in [-0.25, -0.2) is 4.98 Å². The van der Waals surface area contributed by atoms with Gasteiger partial charge >= 0.3 is 0 Å². The molecule has 0 aliphatic rings. The molecule has 1 heterocycles. The summed E-state index contributed by atoms with van der Waals surface area (Å²) >= 11 is 0. The molecule has 0 unspecified atom stereocenters. The number of ether oxygens (including phenoxy) is 1. The van der Waals surface area contributed by atoms with Crippen LogP contribution in [0.3, 0.4) is 0 Å². The molecule has 0 fully saturated rings. The number of hydrogen-bond donors (Lipinski definition) is 1. The molecular weight excluding hydrogens is 374 g/mol.